The lowest BCUT2D eigenvalue weighted by Crippen LogP contribution is -2.37. The van der Waals surface area contributed by atoms with Gasteiger partial charge in [0.2, 0.25) is 5.82 Å². The lowest BCUT2D eigenvalue weighted by molar-refractivity contribution is 0.0976. The highest BCUT2D eigenvalue weighted by atomic mass is 32.2. The zero-order valence-corrected chi connectivity index (χ0v) is 25.4. The van der Waals surface area contributed by atoms with Crippen LogP contribution in [0.2, 0.25) is 0 Å². The molecule has 6 rings (SSSR count). The maximum absolute atomic E-state index is 15.0. The van der Waals surface area contributed by atoms with E-state index in [-0.39, 0.29) is 11.0 Å². The van der Waals surface area contributed by atoms with Crippen molar-refractivity contribution in [3.63, 3.8) is 0 Å². The van der Waals surface area contributed by atoms with Crippen LogP contribution in [-0.2, 0) is 10.0 Å². The first-order valence-corrected chi connectivity index (χ1v) is 16.4. The van der Waals surface area contributed by atoms with E-state index in [9.17, 15) is 13.2 Å². The highest BCUT2D eigenvalue weighted by molar-refractivity contribution is 7.90. The van der Waals surface area contributed by atoms with Gasteiger partial charge in [-0.1, -0.05) is 6.92 Å². The van der Waals surface area contributed by atoms with Crippen molar-refractivity contribution in [1.82, 2.24) is 14.6 Å². The van der Waals surface area contributed by atoms with E-state index in [1.807, 2.05) is 4.72 Å². The summed E-state index contributed by atoms with van der Waals surface area (Å²) in [6.45, 7) is 3.42. The van der Waals surface area contributed by atoms with Crippen LogP contribution in [0.5, 0.6) is 17.2 Å². The number of likely N-dealkylation sites (tertiary alicyclic amines) is 1. The Labute approximate surface area is 255 Å². The van der Waals surface area contributed by atoms with Gasteiger partial charge in [0.05, 0.1) is 29.0 Å². The van der Waals surface area contributed by atoms with Crippen LogP contribution in [0.1, 0.15) is 61.2 Å². The first-order valence-electron chi connectivity index (χ1n) is 14.9. The zero-order valence-electron chi connectivity index (χ0n) is 24.5. The van der Waals surface area contributed by atoms with E-state index < -0.39 is 45.0 Å². The highest BCUT2D eigenvalue weighted by Crippen LogP contribution is 2.39. The normalized spacial score (nSPS) is 22.0. The summed E-state index contributed by atoms with van der Waals surface area (Å²) in [5.74, 6) is -2.50. The topological polar surface area (TPSA) is 107 Å². The average Bonchev–Trinajstić information content (AvgIpc) is 3.67. The van der Waals surface area contributed by atoms with E-state index >= 15 is 8.78 Å². The van der Waals surface area contributed by atoms with Crippen molar-refractivity contribution in [2.75, 3.05) is 20.2 Å². The number of halogens is 2. The van der Waals surface area contributed by atoms with Crippen molar-refractivity contribution in [3.8, 4) is 17.2 Å². The van der Waals surface area contributed by atoms with Crippen LogP contribution in [0.15, 0.2) is 59.6 Å². The number of sulfonamides is 1. The Morgan fingerprint density at radius 3 is 2.41 bits per heavy atom. The van der Waals surface area contributed by atoms with Crippen molar-refractivity contribution in [2.45, 2.75) is 62.2 Å². The number of hydrogen-bond donors (Lipinski definition) is 1. The average molecular weight is 628 g/mol. The van der Waals surface area contributed by atoms with Crippen molar-refractivity contribution in [2.24, 2.45) is 11.8 Å². The standard InChI is InChI=1S/C32H35F2N3O6S/c1-3-27(26-12-8-23(16-35-26)41-18-19-4-5-19)43-28-13-11-25(30(33)31(28)34)32(38)36-44(39,40)24-9-6-22(7-10-24)42-29-15-21-14-20(29)17-37(21)2/h6-13,16,19-21,27,29H,3-5,14-15,17-18H2,1-2H3,(H,36,38)/t20-,21-,27-,29-/m1/s1. The maximum Gasteiger partial charge on any atom is 0.268 e. The van der Waals surface area contributed by atoms with Gasteiger partial charge in [-0.2, -0.15) is 4.39 Å². The summed E-state index contributed by atoms with van der Waals surface area (Å²) in [7, 11) is -2.27. The largest absolute Gasteiger partial charge is 0.492 e. The number of fused-ring (bicyclic) bond motifs is 2. The number of ether oxygens (including phenoxy) is 3. The molecule has 2 aliphatic carbocycles. The van der Waals surface area contributed by atoms with Crippen molar-refractivity contribution < 1.29 is 36.2 Å². The monoisotopic (exact) mass is 627 g/mol. The van der Waals surface area contributed by atoms with Gasteiger partial charge in [0.25, 0.3) is 15.9 Å². The molecule has 2 aromatic carbocycles. The molecule has 9 nitrogen and oxygen atoms in total. The number of pyridine rings is 1. The van der Waals surface area contributed by atoms with Gasteiger partial charge in [0.15, 0.2) is 11.6 Å². The Bertz CT molecular complexity index is 1610. The summed E-state index contributed by atoms with van der Waals surface area (Å²) in [4.78, 5) is 19.2. The van der Waals surface area contributed by atoms with Crippen molar-refractivity contribution in [1.29, 1.82) is 0 Å². The van der Waals surface area contributed by atoms with Crippen LogP contribution in [0.25, 0.3) is 0 Å². The molecule has 1 aliphatic heterocycles. The number of rotatable bonds is 12. The molecule has 4 atom stereocenters. The number of nitrogens with zero attached hydrogens (tertiary/aromatic N) is 2. The predicted molar refractivity (Wildman–Crippen MR) is 157 cm³/mol. The summed E-state index contributed by atoms with van der Waals surface area (Å²) in [5.41, 5.74) is -0.276. The molecule has 44 heavy (non-hydrogen) atoms. The Morgan fingerprint density at radius 1 is 1.05 bits per heavy atom. The number of nitrogens with one attached hydrogen (secondary N) is 1. The molecule has 12 heteroatoms. The minimum atomic E-state index is -4.38. The molecule has 1 N–H and O–H groups in total. The SMILES string of the molecule is CC[C@@H](Oc1ccc(C(=O)NS(=O)(=O)c2ccc(O[C@@H]3C[C@H]4C[C@@H]3CN4C)cc2)c(F)c1F)c1ccc(OCC2CC2)cn1. The quantitative estimate of drug-likeness (QED) is 0.290. The van der Waals surface area contributed by atoms with Crippen molar-refractivity contribution >= 4 is 15.9 Å². The summed E-state index contributed by atoms with van der Waals surface area (Å²) >= 11 is 0. The third-order valence-electron chi connectivity index (χ3n) is 8.60. The lowest BCUT2D eigenvalue weighted by Gasteiger charge is -2.28. The third-order valence-corrected chi connectivity index (χ3v) is 9.95. The minimum absolute atomic E-state index is 0.0730. The molecule has 1 aromatic heterocycles. The Kier molecular flexibility index (Phi) is 8.47. The molecule has 3 aromatic rings. The van der Waals surface area contributed by atoms with E-state index in [1.165, 1.54) is 37.1 Å². The third kappa shape index (κ3) is 6.51. The number of carbonyl (C=O) groups is 1. The fraction of sp³-hybridized carbons (Fsp3) is 0.438. The Hall–Kier alpha value is -3.77. The molecule has 2 saturated carbocycles. The molecule has 0 unspecified atom stereocenters. The smallest absolute Gasteiger partial charge is 0.268 e. The number of piperidine rings is 1. The fourth-order valence-corrected chi connectivity index (χ4v) is 6.82. The summed E-state index contributed by atoms with van der Waals surface area (Å²) in [5, 5.41) is 0. The molecule has 1 saturated heterocycles. The van der Waals surface area contributed by atoms with Gasteiger partial charge in [0.1, 0.15) is 23.7 Å². The van der Waals surface area contributed by atoms with E-state index in [0.717, 1.165) is 31.5 Å². The number of amides is 1. The van der Waals surface area contributed by atoms with Crippen LogP contribution >= 0.6 is 0 Å². The molecule has 3 aliphatic rings. The van der Waals surface area contributed by atoms with Crippen molar-refractivity contribution in [3.05, 3.63) is 77.6 Å². The molecule has 2 heterocycles. The second kappa shape index (κ2) is 12.3. The van der Waals surface area contributed by atoms with E-state index in [4.69, 9.17) is 14.2 Å². The van der Waals surface area contributed by atoms with Crippen LogP contribution < -0.4 is 18.9 Å². The molecular formula is C32H35F2N3O6S. The first-order chi connectivity index (χ1) is 21.1. The number of aromatic nitrogens is 1. The highest BCUT2D eigenvalue weighted by Gasteiger charge is 2.44. The van der Waals surface area contributed by atoms with Crippen LogP contribution in [0, 0.1) is 23.5 Å². The van der Waals surface area contributed by atoms with E-state index in [0.29, 0.717) is 48.1 Å². The van der Waals surface area contributed by atoms with Crippen LogP contribution in [0.3, 0.4) is 0 Å². The van der Waals surface area contributed by atoms with Crippen LogP contribution in [0.4, 0.5) is 8.78 Å². The van der Waals surface area contributed by atoms with Crippen LogP contribution in [-0.4, -0.2) is 56.6 Å². The second-order valence-corrected chi connectivity index (χ2v) is 13.5. The van der Waals surface area contributed by atoms with Gasteiger partial charge in [-0.15, -0.1) is 0 Å². The molecule has 2 bridgehead atoms. The summed E-state index contributed by atoms with van der Waals surface area (Å²) in [6.07, 6.45) is 5.68. The molecule has 234 valence electrons. The lowest BCUT2D eigenvalue weighted by atomic mass is 10.1. The molecule has 1 amide bonds. The Morgan fingerprint density at radius 2 is 1.80 bits per heavy atom. The second-order valence-electron chi connectivity index (χ2n) is 11.8. The maximum atomic E-state index is 15.0. The molecule has 0 radical (unpaired) electrons. The number of hydrogen-bond acceptors (Lipinski definition) is 8. The molecular weight excluding hydrogens is 592 g/mol. The van der Waals surface area contributed by atoms with Gasteiger partial charge >= 0.3 is 0 Å². The molecule has 0 spiro atoms. The zero-order chi connectivity index (χ0) is 31.0. The van der Waals surface area contributed by atoms with Gasteiger partial charge in [-0.3, -0.25) is 9.78 Å². The Balaban J connectivity index is 1.08. The van der Waals surface area contributed by atoms with Gasteiger partial charge in [-0.25, -0.2) is 17.5 Å². The van der Waals surface area contributed by atoms with E-state index in [2.05, 4.69) is 16.9 Å². The van der Waals surface area contributed by atoms with Gasteiger partial charge < -0.3 is 19.1 Å². The number of carbonyl (C=O) groups excluding carboxylic acids is 1. The number of benzene rings is 2. The minimum Gasteiger partial charge on any atom is -0.492 e. The predicted octanol–water partition coefficient (Wildman–Crippen LogP) is 5.27. The summed E-state index contributed by atoms with van der Waals surface area (Å²) in [6, 6.07) is 11.7. The van der Waals surface area contributed by atoms with Gasteiger partial charge in [0, 0.05) is 24.9 Å². The van der Waals surface area contributed by atoms with Gasteiger partial charge in [-0.05, 0) is 87.2 Å². The van der Waals surface area contributed by atoms with E-state index in [1.54, 1.807) is 25.3 Å². The first kappa shape index (κ1) is 30.3. The molecule has 3 fully saturated rings. The summed E-state index contributed by atoms with van der Waals surface area (Å²) < 4.78 is 75.1. The fourth-order valence-electron chi connectivity index (χ4n) is 5.85.